The van der Waals surface area contributed by atoms with Crippen LogP contribution in [0.1, 0.15) is 38.1 Å². The second-order valence-corrected chi connectivity index (χ2v) is 5.65. The Morgan fingerprint density at radius 1 is 1.35 bits per heavy atom. The van der Waals surface area contributed by atoms with E-state index in [0.717, 1.165) is 6.54 Å². The molecule has 5 heteroatoms. The van der Waals surface area contributed by atoms with Gasteiger partial charge in [0.15, 0.2) is 0 Å². The van der Waals surface area contributed by atoms with Crippen molar-refractivity contribution in [3.05, 3.63) is 17.8 Å². The number of pyridine rings is 1. The van der Waals surface area contributed by atoms with E-state index in [4.69, 9.17) is 10.5 Å². The van der Waals surface area contributed by atoms with E-state index in [2.05, 4.69) is 38.0 Å². The minimum atomic E-state index is -0.447. The maximum atomic E-state index is 11.6. The molecule has 1 rings (SSSR count). The molecule has 0 aromatic carbocycles. The molecular weight excluding hydrogens is 254 g/mol. The van der Waals surface area contributed by atoms with E-state index in [0.29, 0.717) is 34.8 Å². The Hall–Kier alpha value is -1.78. The van der Waals surface area contributed by atoms with Crippen LogP contribution >= 0.6 is 0 Å². The molecule has 0 radical (unpaired) electrons. The maximum absolute atomic E-state index is 11.6. The van der Waals surface area contributed by atoms with Gasteiger partial charge in [0.2, 0.25) is 0 Å². The van der Waals surface area contributed by atoms with E-state index in [1.54, 1.807) is 12.3 Å². The van der Waals surface area contributed by atoms with Crippen molar-refractivity contribution in [3.63, 3.8) is 0 Å². The molecule has 0 saturated carbocycles. The highest BCUT2D eigenvalue weighted by Gasteiger charge is 2.19. The number of rotatable bonds is 6. The highest BCUT2D eigenvalue weighted by atomic mass is 16.5. The molecule has 0 aliphatic rings. The Kier molecular flexibility index (Phi) is 5.80. The molecule has 0 spiro atoms. The van der Waals surface area contributed by atoms with E-state index < -0.39 is 5.97 Å². The Bertz CT molecular complexity index is 450. The van der Waals surface area contributed by atoms with Gasteiger partial charge in [-0.05, 0) is 23.8 Å². The van der Waals surface area contributed by atoms with E-state index in [1.165, 1.54) is 7.11 Å². The second-order valence-electron chi connectivity index (χ2n) is 5.65. The number of esters is 1. The zero-order chi connectivity index (χ0) is 15.3. The zero-order valence-corrected chi connectivity index (χ0v) is 12.9. The van der Waals surface area contributed by atoms with Crippen LogP contribution in [0, 0.1) is 17.8 Å². The third-order valence-electron chi connectivity index (χ3n) is 3.61. The monoisotopic (exact) mass is 279 g/mol. The highest BCUT2D eigenvalue weighted by molar-refractivity contribution is 5.97. The number of nitrogens with two attached hydrogens (primary N) is 1. The first-order chi connectivity index (χ1) is 9.38. The molecular formula is C15H25N3O2. The Morgan fingerprint density at radius 2 is 1.95 bits per heavy atom. The van der Waals surface area contributed by atoms with Gasteiger partial charge >= 0.3 is 5.97 Å². The number of carbonyl (C=O) groups excluding carboxylic acids is 1. The van der Waals surface area contributed by atoms with Gasteiger partial charge in [-0.1, -0.05) is 27.7 Å². The number of nitrogen functional groups attached to an aromatic ring is 1. The van der Waals surface area contributed by atoms with Crippen molar-refractivity contribution in [1.29, 1.82) is 0 Å². The molecule has 1 aromatic rings. The van der Waals surface area contributed by atoms with E-state index in [1.807, 2.05) is 0 Å². The van der Waals surface area contributed by atoms with Crippen LogP contribution < -0.4 is 11.1 Å². The summed E-state index contributed by atoms with van der Waals surface area (Å²) >= 11 is 0. The maximum Gasteiger partial charge on any atom is 0.340 e. The fourth-order valence-electron chi connectivity index (χ4n) is 2.36. The first kappa shape index (κ1) is 16.3. The molecule has 0 fully saturated rings. The van der Waals surface area contributed by atoms with E-state index in [9.17, 15) is 4.79 Å². The number of hydrogen-bond acceptors (Lipinski definition) is 5. The molecule has 0 unspecified atom stereocenters. The summed E-state index contributed by atoms with van der Waals surface area (Å²) < 4.78 is 4.70. The van der Waals surface area contributed by atoms with Crippen molar-refractivity contribution in [1.82, 2.24) is 4.98 Å². The number of anilines is 2. The molecule has 3 N–H and O–H groups in total. The number of methoxy groups -OCH3 is 1. The van der Waals surface area contributed by atoms with Crippen LogP contribution in [-0.2, 0) is 4.74 Å². The van der Waals surface area contributed by atoms with Gasteiger partial charge in [-0.25, -0.2) is 9.78 Å². The van der Waals surface area contributed by atoms with Crippen molar-refractivity contribution in [2.45, 2.75) is 27.7 Å². The lowest BCUT2D eigenvalue weighted by Crippen LogP contribution is -2.25. The summed E-state index contributed by atoms with van der Waals surface area (Å²) in [5.41, 5.74) is 6.65. The normalized spacial score (nSPS) is 11.2. The summed E-state index contributed by atoms with van der Waals surface area (Å²) in [4.78, 5) is 15.8. The fraction of sp³-hybridized carbons (Fsp3) is 0.600. The first-order valence-corrected chi connectivity index (χ1v) is 6.95. The van der Waals surface area contributed by atoms with Gasteiger partial charge in [0.1, 0.15) is 5.82 Å². The molecule has 1 heterocycles. The summed E-state index contributed by atoms with van der Waals surface area (Å²) in [5.74, 6) is 1.73. The van der Waals surface area contributed by atoms with Crippen molar-refractivity contribution in [2.24, 2.45) is 17.8 Å². The van der Waals surface area contributed by atoms with Crippen LogP contribution in [0.4, 0.5) is 11.5 Å². The molecule has 0 amide bonds. The zero-order valence-electron chi connectivity index (χ0n) is 12.9. The molecule has 5 nitrogen and oxygen atoms in total. The predicted molar refractivity (Wildman–Crippen MR) is 81.6 cm³/mol. The number of aromatic nitrogens is 1. The molecule has 20 heavy (non-hydrogen) atoms. The van der Waals surface area contributed by atoms with E-state index in [-0.39, 0.29) is 0 Å². The highest BCUT2D eigenvalue weighted by Crippen LogP contribution is 2.24. The Labute approximate surface area is 120 Å². The summed E-state index contributed by atoms with van der Waals surface area (Å²) in [5, 5.41) is 3.25. The van der Waals surface area contributed by atoms with Crippen molar-refractivity contribution in [3.8, 4) is 0 Å². The summed E-state index contributed by atoms with van der Waals surface area (Å²) in [7, 11) is 1.34. The van der Waals surface area contributed by atoms with Crippen LogP contribution in [0.15, 0.2) is 12.3 Å². The van der Waals surface area contributed by atoms with Crippen LogP contribution in [0.25, 0.3) is 0 Å². The van der Waals surface area contributed by atoms with Crippen LogP contribution in [0.3, 0.4) is 0 Å². The number of ether oxygens (including phenoxy) is 1. The molecule has 0 saturated heterocycles. The summed E-state index contributed by atoms with van der Waals surface area (Å²) in [6.45, 7) is 9.58. The number of nitrogens with one attached hydrogen (secondary N) is 1. The van der Waals surface area contributed by atoms with Crippen LogP contribution in [0.5, 0.6) is 0 Å². The Morgan fingerprint density at radius 3 is 2.45 bits per heavy atom. The van der Waals surface area contributed by atoms with Crippen LogP contribution in [0.2, 0.25) is 0 Å². The average Bonchev–Trinajstić information content (AvgIpc) is 2.39. The Balaban J connectivity index is 2.86. The van der Waals surface area contributed by atoms with Crippen molar-refractivity contribution < 1.29 is 9.53 Å². The molecule has 112 valence electrons. The predicted octanol–water partition coefficient (Wildman–Crippen LogP) is 2.79. The quantitative estimate of drug-likeness (QED) is 0.783. The number of nitrogens with zero attached hydrogens (tertiary/aromatic N) is 1. The van der Waals surface area contributed by atoms with Crippen LogP contribution in [-0.4, -0.2) is 24.6 Å². The first-order valence-electron chi connectivity index (χ1n) is 6.95. The lowest BCUT2D eigenvalue weighted by molar-refractivity contribution is 0.0602. The lowest BCUT2D eigenvalue weighted by Gasteiger charge is -2.25. The van der Waals surface area contributed by atoms with Crippen molar-refractivity contribution in [2.75, 3.05) is 24.7 Å². The molecule has 1 aromatic heterocycles. The third kappa shape index (κ3) is 3.85. The lowest BCUT2D eigenvalue weighted by atomic mass is 9.85. The summed E-state index contributed by atoms with van der Waals surface area (Å²) in [6.07, 6.45) is 1.56. The second kappa shape index (κ2) is 7.12. The number of hydrogen-bond donors (Lipinski definition) is 2. The minimum absolute atomic E-state index is 0.339. The fourth-order valence-corrected chi connectivity index (χ4v) is 2.36. The standard InChI is InChI=1S/C15H25N3O2/c1-9(2)12(10(3)4)8-18-14-13(16)11(6-7-17-14)15(19)20-5/h6-7,9-10,12H,8,16H2,1-5H3,(H,17,18). The minimum Gasteiger partial charge on any atom is -0.465 e. The van der Waals surface area contributed by atoms with Gasteiger partial charge in [0.25, 0.3) is 0 Å². The van der Waals surface area contributed by atoms with Gasteiger partial charge in [-0.3, -0.25) is 0 Å². The molecule has 0 aliphatic heterocycles. The summed E-state index contributed by atoms with van der Waals surface area (Å²) in [6, 6.07) is 1.56. The molecule has 0 bridgehead atoms. The third-order valence-corrected chi connectivity index (χ3v) is 3.61. The topological polar surface area (TPSA) is 77.2 Å². The van der Waals surface area contributed by atoms with Gasteiger partial charge in [-0.15, -0.1) is 0 Å². The average molecular weight is 279 g/mol. The van der Waals surface area contributed by atoms with E-state index >= 15 is 0 Å². The number of carbonyl (C=O) groups is 1. The molecule has 0 aliphatic carbocycles. The smallest absolute Gasteiger partial charge is 0.340 e. The van der Waals surface area contributed by atoms with Gasteiger partial charge in [0, 0.05) is 12.7 Å². The van der Waals surface area contributed by atoms with Gasteiger partial charge in [-0.2, -0.15) is 0 Å². The van der Waals surface area contributed by atoms with Gasteiger partial charge < -0.3 is 15.8 Å². The van der Waals surface area contributed by atoms with Crippen molar-refractivity contribution >= 4 is 17.5 Å². The largest absolute Gasteiger partial charge is 0.465 e. The molecule has 0 atom stereocenters. The SMILES string of the molecule is COC(=O)c1ccnc(NCC(C(C)C)C(C)C)c1N. The van der Waals surface area contributed by atoms with Gasteiger partial charge in [0.05, 0.1) is 18.4 Å².